The van der Waals surface area contributed by atoms with Crippen LogP contribution in [0.1, 0.15) is 5.56 Å². The lowest BCUT2D eigenvalue weighted by molar-refractivity contribution is 0.412. The summed E-state index contributed by atoms with van der Waals surface area (Å²) in [7, 11) is 1.68. The number of benzene rings is 2. The van der Waals surface area contributed by atoms with Crippen molar-refractivity contribution in [1.82, 2.24) is 4.98 Å². The number of nitrogens with zero attached hydrogens (tertiary/aromatic N) is 1. The molecule has 1 heterocycles. The summed E-state index contributed by atoms with van der Waals surface area (Å²) in [5, 5.41) is 0. The van der Waals surface area contributed by atoms with Crippen LogP contribution in [0.2, 0.25) is 0 Å². The van der Waals surface area contributed by atoms with Gasteiger partial charge in [-0.1, -0.05) is 30.0 Å². The molecule has 3 rings (SSSR count). The van der Waals surface area contributed by atoms with Crippen molar-refractivity contribution in [2.75, 3.05) is 7.11 Å². The molecule has 3 aromatic rings. The lowest BCUT2D eigenvalue weighted by Gasteiger charge is -2.05. The molecule has 0 saturated heterocycles. The number of hydrogen-bond donors (Lipinski definition) is 0. The van der Waals surface area contributed by atoms with Gasteiger partial charge in [0.05, 0.1) is 21.8 Å². The van der Waals surface area contributed by atoms with Crippen LogP contribution in [0.5, 0.6) is 5.75 Å². The molecule has 0 aliphatic rings. The van der Waals surface area contributed by atoms with Gasteiger partial charge in [0.15, 0.2) is 4.34 Å². The van der Waals surface area contributed by atoms with Crippen LogP contribution in [0.25, 0.3) is 10.2 Å². The SMILES string of the molecule is COc1ccc(CSc2nc3ccccc3s2)cc1Br. The van der Waals surface area contributed by atoms with Gasteiger partial charge in [-0.05, 0) is 45.8 Å². The minimum atomic E-state index is 0.860. The minimum absolute atomic E-state index is 0.860. The fourth-order valence-corrected chi connectivity index (χ4v) is 4.46. The van der Waals surface area contributed by atoms with Crippen molar-refractivity contribution < 1.29 is 4.74 Å². The Morgan fingerprint density at radius 2 is 2.10 bits per heavy atom. The largest absolute Gasteiger partial charge is 0.496 e. The van der Waals surface area contributed by atoms with Crippen molar-refractivity contribution in [2.45, 2.75) is 10.1 Å². The van der Waals surface area contributed by atoms with Crippen molar-refractivity contribution in [3.05, 3.63) is 52.5 Å². The number of halogens is 1. The summed E-state index contributed by atoms with van der Waals surface area (Å²) in [6, 6.07) is 14.4. The molecule has 20 heavy (non-hydrogen) atoms. The highest BCUT2D eigenvalue weighted by Gasteiger charge is 2.06. The molecule has 0 atom stereocenters. The molecular formula is C15H12BrNOS2. The topological polar surface area (TPSA) is 22.1 Å². The molecular weight excluding hydrogens is 354 g/mol. The van der Waals surface area contributed by atoms with Crippen molar-refractivity contribution in [3.63, 3.8) is 0 Å². The van der Waals surface area contributed by atoms with Gasteiger partial charge in [-0.3, -0.25) is 0 Å². The standard InChI is InChI=1S/C15H12BrNOS2/c1-18-13-7-6-10(8-11(13)16)9-19-15-17-12-4-2-3-5-14(12)20-15/h2-8H,9H2,1H3. The first-order valence-corrected chi connectivity index (χ1v) is 8.66. The molecule has 0 amide bonds. The van der Waals surface area contributed by atoms with Crippen LogP contribution in [-0.4, -0.2) is 12.1 Å². The second-order valence-corrected chi connectivity index (χ2v) is 7.31. The maximum absolute atomic E-state index is 5.24. The summed E-state index contributed by atoms with van der Waals surface area (Å²) in [6.45, 7) is 0. The summed E-state index contributed by atoms with van der Waals surface area (Å²) in [4.78, 5) is 4.63. The summed E-state index contributed by atoms with van der Waals surface area (Å²) in [6.07, 6.45) is 0. The van der Waals surface area contributed by atoms with E-state index >= 15 is 0 Å². The Morgan fingerprint density at radius 1 is 1.25 bits per heavy atom. The Balaban J connectivity index is 1.74. The van der Waals surface area contributed by atoms with Crippen molar-refractivity contribution in [3.8, 4) is 5.75 Å². The number of rotatable bonds is 4. The van der Waals surface area contributed by atoms with E-state index in [1.807, 2.05) is 12.1 Å². The fraction of sp³-hybridized carbons (Fsp3) is 0.133. The predicted molar refractivity (Wildman–Crippen MR) is 89.9 cm³/mol. The van der Waals surface area contributed by atoms with E-state index in [9.17, 15) is 0 Å². The van der Waals surface area contributed by atoms with Crippen molar-refractivity contribution >= 4 is 49.2 Å². The molecule has 2 nitrogen and oxygen atoms in total. The zero-order valence-electron chi connectivity index (χ0n) is 10.8. The first-order valence-electron chi connectivity index (χ1n) is 6.07. The molecule has 0 spiro atoms. The number of thioether (sulfide) groups is 1. The second kappa shape index (κ2) is 6.16. The van der Waals surface area contributed by atoms with Gasteiger partial charge in [0.1, 0.15) is 5.75 Å². The average molecular weight is 366 g/mol. The number of para-hydroxylation sites is 1. The van der Waals surface area contributed by atoms with Gasteiger partial charge in [-0.15, -0.1) is 11.3 Å². The summed E-state index contributed by atoms with van der Waals surface area (Å²) >= 11 is 7.03. The van der Waals surface area contributed by atoms with Crippen LogP contribution < -0.4 is 4.74 Å². The van der Waals surface area contributed by atoms with Crippen LogP contribution in [-0.2, 0) is 5.75 Å². The Morgan fingerprint density at radius 3 is 2.85 bits per heavy atom. The molecule has 2 aromatic carbocycles. The molecule has 1 aromatic heterocycles. The van der Waals surface area contributed by atoms with E-state index in [2.05, 4.69) is 51.2 Å². The van der Waals surface area contributed by atoms with Crippen LogP contribution in [0.4, 0.5) is 0 Å². The number of methoxy groups -OCH3 is 1. The average Bonchev–Trinajstić information content (AvgIpc) is 2.88. The first kappa shape index (κ1) is 13.9. The molecule has 0 aliphatic heterocycles. The minimum Gasteiger partial charge on any atom is -0.496 e. The fourth-order valence-electron chi connectivity index (χ4n) is 1.86. The van der Waals surface area contributed by atoms with Gasteiger partial charge in [0.2, 0.25) is 0 Å². The second-order valence-electron chi connectivity index (χ2n) is 4.21. The van der Waals surface area contributed by atoms with Crippen molar-refractivity contribution in [2.24, 2.45) is 0 Å². The number of hydrogen-bond acceptors (Lipinski definition) is 4. The van der Waals surface area contributed by atoms with E-state index in [1.54, 1.807) is 30.2 Å². The smallest absolute Gasteiger partial charge is 0.151 e. The molecule has 0 radical (unpaired) electrons. The Hall–Kier alpha value is -1.04. The Labute approximate surface area is 134 Å². The molecule has 0 saturated carbocycles. The van der Waals surface area contributed by atoms with Gasteiger partial charge >= 0.3 is 0 Å². The third-order valence-electron chi connectivity index (χ3n) is 2.85. The van der Waals surface area contributed by atoms with Gasteiger partial charge in [0, 0.05) is 5.75 Å². The number of thiazole rings is 1. The van der Waals surface area contributed by atoms with Crippen LogP contribution in [0, 0.1) is 0 Å². The highest BCUT2D eigenvalue weighted by molar-refractivity contribution is 9.10. The van der Waals surface area contributed by atoms with Crippen LogP contribution in [0.3, 0.4) is 0 Å². The number of ether oxygens (including phenoxy) is 1. The highest BCUT2D eigenvalue weighted by atomic mass is 79.9. The van der Waals surface area contributed by atoms with Gasteiger partial charge in [0.25, 0.3) is 0 Å². The third kappa shape index (κ3) is 3.00. The molecule has 0 unspecified atom stereocenters. The maximum Gasteiger partial charge on any atom is 0.151 e. The molecule has 0 fully saturated rings. The summed E-state index contributed by atoms with van der Waals surface area (Å²) < 4.78 is 8.58. The van der Waals surface area contributed by atoms with Crippen molar-refractivity contribution in [1.29, 1.82) is 0 Å². The van der Waals surface area contributed by atoms with Crippen LogP contribution >= 0.6 is 39.0 Å². The van der Waals surface area contributed by atoms with E-state index in [4.69, 9.17) is 4.74 Å². The first-order chi connectivity index (χ1) is 9.76. The highest BCUT2D eigenvalue weighted by Crippen LogP contribution is 2.33. The van der Waals surface area contributed by atoms with E-state index in [-0.39, 0.29) is 0 Å². The summed E-state index contributed by atoms with van der Waals surface area (Å²) in [5.41, 5.74) is 2.33. The zero-order chi connectivity index (χ0) is 13.9. The molecule has 0 bridgehead atoms. The lowest BCUT2D eigenvalue weighted by Crippen LogP contribution is -1.86. The monoisotopic (exact) mass is 365 g/mol. The van der Waals surface area contributed by atoms with E-state index in [1.165, 1.54) is 10.3 Å². The summed E-state index contributed by atoms with van der Waals surface area (Å²) in [5.74, 6) is 1.77. The molecule has 0 aliphatic carbocycles. The van der Waals surface area contributed by atoms with E-state index < -0.39 is 0 Å². The zero-order valence-corrected chi connectivity index (χ0v) is 14.0. The molecule has 0 N–H and O–H groups in total. The lowest BCUT2D eigenvalue weighted by atomic mass is 10.2. The maximum atomic E-state index is 5.24. The normalized spacial score (nSPS) is 10.9. The van der Waals surface area contributed by atoms with Gasteiger partial charge in [-0.2, -0.15) is 0 Å². The third-order valence-corrected chi connectivity index (χ3v) is 5.72. The Bertz CT molecular complexity index is 709. The van der Waals surface area contributed by atoms with E-state index in [0.717, 1.165) is 25.8 Å². The molecule has 102 valence electrons. The predicted octanol–water partition coefficient (Wildman–Crippen LogP) is 5.36. The van der Waals surface area contributed by atoms with Crippen LogP contribution in [0.15, 0.2) is 51.3 Å². The van der Waals surface area contributed by atoms with Gasteiger partial charge in [-0.25, -0.2) is 4.98 Å². The quantitative estimate of drug-likeness (QED) is 0.581. The van der Waals surface area contributed by atoms with Gasteiger partial charge < -0.3 is 4.74 Å². The molecule has 5 heteroatoms. The number of aromatic nitrogens is 1. The Kier molecular flexibility index (Phi) is 4.29. The van der Waals surface area contributed by atoms with E-state index in [0.29, 0.717) is 0 Å². The number of fused-ring (bicyclic) bond motifs is 1.